The van der Waals surface area contributed by atoms with Crippen molar-refractivity contribution in [3.05, 3.63) is 59.7 Å². The maximum absolute atomic E-state index is 12.9. The molecule has 162 valence electrons. The Bertz CT molecular complexity index is 954. The minimum atomic E-state index is -0.643. The van der Waals surface area contributed by atoms with Crippen molar-refractivity contribution in [1.29, 1.82) is 0 Å². The van der Waals surface area contributed by atoms with Crippen molar-refractivity contribution in [2.75, 3.05) is 44.3 Å². The van der Waals surface area contributed by atoms with Crippen molar-refractivity contribution >= 4 is 35.3 Å². The van der Waals surface area contributed by atoms with Crippen molar-refractivity contribution in [2.45, 2.75) is 10.7 Å². The summed E-state index contributed by atoms with van der Waals surface area (Å²) in [6, 6.07) is 15.4. The summed E-state index contributed by atoms with van der Waals surface area (Å²) in [5.41, 5.74) is 1.98. The Morgan fingerprint density at radius 3 is 2.19 bits per heavy atom. The second-order valence-electron chi connectivity index (χ2n) is 7.68. The molecule has 2 saturated heterocycles. The van der Waals surface area contributed by atoms with Crippen LogP contribution in [0.25, 0.3) is 0 Å². The van der Waals surface area contributed by atoms with Gasteiger partial charge in [0.05, 0.1) is 4.58 Å². The molecule has 2 aromatic rings. The molecule has 0 N–H and O–H groups in total. The molecule has 2 amide bonds. The Morgan fingerprint density at radius 2 is 1.48 bits per heavy atom. The summed E-state index contributed by atoms with van der Waals surface area (Å²) < 4.78 is 12.0. The normalized spacial score (nSPS) is 21.2. The number of hydrogen-bond donors (Lipinski definition) is 0. The van der Waals surface area contributed by atoms with Gasteiger partial charge < -0.3 is 19.3 Å². The van der Waals surface area contributed by atoms with Crippen LogP contribution in [0.4, 0.5) is 0 Å². The standard InChI is InChI=1S/C23H24N2O4S2/c26-21(16-5-7-17(8-6-16)23-30-13-14-31-23)24-9-11-25(12-10-24)22(27)20-15-28-18-3-1-2-4-19(18)29-20/h1-8,20,23H,9-15H2. The molecule has 8 heteroatoms. The van der Waals surface area contributed by atoms with Gasteiger partial charge in [-0.05, 0) is 29.8 Å². The van der Waals surface area contributed by atoms with Gasteiger partial charge in [-0.2, -0.15) is 0 Å². The Morgan fingerprint density at radius 1 is 0.839 bits per heavy atom. The third-order valence-electron chi connectivity index (χ3n) is 5.71. The fourth-order valence-electron chi connectivity index (χ4n) is 3.99. The predicted octanol–water partition coefficient (Wildman–Crippen LogP) is 3.29. The first-order valence-corrected chi connectivity index (χ1v) is 12.6. The van der Waals surface area contributed by atoms with Gasteiger partial charge >= 0.3 is 0 Å². The fraction of sp³-hybridized carbons (Fsp3) is 0.391. The van der Waals surface area contributed by atoms with E-state index in [2.05, 4.69) is 12.1 Å². The minimum absolute atomic E-state index is 0.0246. The van der Waals surface area contributed by atoms with E-state index in [-0.39, 0.29) is 18.4 Å². The molecule has 0 saturated carbocycles. The van der Waals surface area contributed by atoms with Crippen LogP contribution in [0.1, 0.15) is 20.5 Å². The molecule has 3 aliphatic rings. The van der Waals surface area contributed by atoms with Gasteiger partial charge in [-0.15, -0.1) is 23.5 Å². The first-order valence-electron chi connectivity index (χ1n) is 10.5. The first-order chi connectivity index (χ1) is 15.2. The van der Waals surface area contributed by atoms with Crippen LogP contribution in [-0.2, 0) is 4.79 Å². The molecule has 5 rings (SSSR count). The van der Waals surface area contributed by atoms with Crippen molar-refractivity contribution in [3.63, 3.8) is 0 Å². The quantitative estimate of drug-likeness (QED) is 0.707. The number of carbonyl (C=O) groups excluding carboxylic acids is 2. The van der Waals surface area contributed by atoms with Crippen molar-refractivity contribution in [1.82, 2.24) is 9.80 Å². The number of para-hydroxylation sites is 2. The average Bonchev–Trinajstić information content (AvgIpc) is 3.38. The number of carbonyl (C=O) groups is 2. The van der Waals surface area contributed by atoms with Crippen molar-refractivity contribution < 1.29 is 19.1 Å². The van der Waals surface area contributed by atoms with Crippen LogP contribution in [0.3, 0.4) is 0 Å². The van der Waals surface area contributed by atoms with Crippen molar-refractivity contribution in [3.8, 4) is 11.5 Å². The highest BCUT2D eigenvalue weighted by molar-refractivity contribution is 8.19. The molecule has 1 atom stereocenters. The highest BCUT2D eigenvalue weighted by atomic mass is 32.2. The third kappa shape index (κ3) is 4.36. The van der Waals surface area contributed by atoms with Gasteiger partial charge in [0.2, 0.25) is 6.10 Å². The molecule has 0 aromatic heterocycles. The number of hydrogen-bond acceptors (Lipinski definition) is 6. The van der Waals surface area contributed by atoms with Gasteiger partial charge in [-0.25, -0.2) is 0 Å². The summed E-state index contributed by atoms with van der Waals surface area (Å²) in [4.78, 5) is 29.4. The maximum Gasteiger partial charge on any atom is 0.267 e. The van der Waals surface area contributed by atoms with Crippen LogP contribution in [0.15, 0.2) is 48.5 Å². The Kier molecular flexibility index (Phi) is 6.00. The number of amides is 2. The second-order valence-corrected chi connectivity index (χ2v) is 10.4. The summed E-state index contributed by atoms with van der Waals surface area (Å²) >= 11 is 3.92. The van der Waals surface area contributed by atoms with Gasteiger partial charge in [-0.3, -0.25) is 9.59 Å². The van der Waals surface area contributed by atoms with E-state index in [0.717, 1.165) is 0 Å². The van der Waals surface area contributed by atoms with Crippen molar-refractivity contribution in [2.24, 2.45) is 0 Å². The van der Waals surface area contributed by atoms with E-state index in [0.29, 0.717) is 47.8 Å². The molecular formula is C23H24N2O4S2. The molecule has 6 nitrogen and oxygen atoms in total. The number of nitrogens with zero attached hydrogens (tertiary/aromatic N) is 2. The smallest absolute Gasteiger partial charge is 0.267 e. The zero-order valence-corrected chi connectivity index (χ0v) is 18.7. The summed E-state index contributed by atoms with van der Waals surface area (Å²) in [6.45, 7) is 2.24. The van der Waals surface area contributed by atoms with E-state index in [4.69, 9.17) is 9.47 Å². The molecule has 2 aromatic carbocycles. The monoisotopic (exact) mass is 456 g/mol. The average molecular weight is 457 g/mol. The summed E-state index contributed by atoms with van der Waals surface area (Å²) in [5, 5.41) is 0. The lowest BCUT2D eigenvalue weighted by atomic mass is 10.1. The fourth-order valence-corrected chi connectivity index (χ4v) is 6.85. The highest BCUT2D eigenvalue weighted by Gasteiger charge is 2.33. The van der Waals surface area contributed by atoms with Crippen LogP contribution < -0.4 is 9.47 Å². The molecule has 0 bridgehead atoms. The molecule has 0 radical (unpaired) electrons. The molecule has 1 unspecified atom stereocenters. The number of benzene rings is 2. The number of piperazine rings is 1. The number of ether oxygens (including phenoxy) is 2. The van der Waals surface area contributed by atoms with Crippen LogP contribution in [0.5, 0.6) is 11.5 Å². The largest absolute Gasteiger partial charge is 0.485 e. The number of fused-ring (bicyclic) bond motifs is 1. The van der Waals surface area contributed by atoms with Crippen LogP contribution >= 0.6 is 23.5 Å². The predicted molar refractivity (Wildman–Crippen MR) is 123 cm³/mol. The Labute approximate surface area is 190 Å². The summed E-state index contributed by atoms with van der Waals surface area (Å²) in [6.07, 6.45) is -0.643. The molecular weight excluding hydrogens is 432 g/mol. The van der Waals surface area contributed by atoms with E-state index < -0.39 is 6.10 Å². The second kappa shape index (κ2) is 9.04. The number of rotatable bonds is 3. The molecule has 2 fully saturated rings. The SMILES string of the molecule is O=C(c1ccc(C2SCCS2)cc1)N1CCN(C(=O)C2COc3ccccc3O2)CC1. The van der Waals surface area contributed by atoms with Crippen LogP contribution in [0.2, 0.25) is 0 Å². The van der Waals surface area contributed by atoms with Gasteiger partial charge in [-0.1, -0.05) is 24.3 Å². The van der Waals surface area contributed by atoms with E-state index >= 15 is 0 Å². The molecule has 0 aliphatic carbocycles. The third-order valence-corrected chi connectivity index (χ3v) is 8.82. The lowest BCUT2D eigenvalue weighted by Gasteiger charge is -2.37. The lowest BCUT2D eigenvalue weighted by Crippen LogP contribution is -2.55. The first kappa shape index (κ1) is 20.6. The molecule has 0 spiro atoms. The van der Waals surface area contributed by atoms with E-state index in [9.17, 15) is 9.59 Å². The van der Waals surface area contributed by atoms with Gasteiger partial charge in [0.1, 0.15) is 6.61 Å². The lowest BCUT2D eigenvalue weighted by molar-refractivity contribution is -0.142. The van der Waals surface area contributed by atoms with Gasteiger partial charge in [0, 0.05) is 43.2 Å². The van der Waals surface area contributed by atoms with Crippen LogP contribution in [-0.4, -0.2) is 72.0 Å². The summed E-state index contributed by atoms with van der Waals surface area (Å²) in [7, 11) is 0. The number of thioether (sulfide) groups is 2. The van der Waals surface area contributed by atoms with E-state index in [1.165, 1.54) is 17.1 Å². The Hall–Kier alpha value is -2.32. The van der Waals surface area contributed by atoms with Gasteiger partial charge in [0.25, 0.3) is 11.8 Å². The van der Waals surface area contributed by atoms with E-state index in [1.807, 2.05) is 58.8 Å². The molecule has 31 heavy (non-hydrogen) atoms. The van der Waals surface area contributed by atoms with Crippen LogP contribution in [0, 0.1) is 0 Å². The summed E-state index contributed by atoms with van der Waals surface area (Å²) in [5.74, 6) is 3.57. The molecule has 3 aliphatic heterocycles. The minimum Gasteiger partial charge on any atom is -0.485 e. The van der Waals surface area contributed by atoms with E-state index in [1.54, 1.807) is 11.0 Å². The molecule has 3 heterocycles. The maximum atomic E-state index is 12.9. The Balaban J connectivity index is 1.16. The van der Waals surface area contributed by atoms with Gasteiger partial charge in [0.15, 0.2) is 11.5 Å². The zero-order valence-electron chi connectivity index (χ0n) is 17.1. The topological polar surface area (TPSA) is 59.1 Å². The highest BCUT2D eigenvalue weighted by Crippen LogP contribution is 2.45. The zero-order chi connectivity index (χ0) is 21.2.